The van der Waals surface area contributed by atoms with Crippen LogP contribution in [0, 0.1) is 0 Å². The predicted octanol–water partition coefficient (Wildman–Crippen LogP) is 0.920. The van der Waals surface area contributed by atoms with Crippen LogP contribution >= 0.6 is 0 Å². The van der Waals surface area contributed by atoms with E-state index in [9.17, 15) is 9.59 Å². The molecule has 0 saturated carbocycles. The lowest BCUT2D eigenvalue weighted by atomic mass is 10.1. The molecule has 1 aliphatic heterocycles. The Morgan fingerprint density at radius 3 is 2.65 bits per heavy atom. The highest BCUT2D eigenvalue weighted by molar-refractivity contribution is 5.94. The third-order valence-electron chi connectivity index (χ3n) is 3.32. The minimum Gasteiger partial charge on any atom is -0.392 e. The summed E-state index contributed by atoms with van der Waals surface area (Å²) in [6.07, 6.45) is 1.01. The molecule has 5 nitrogen and oxygen atoms in total. The number of nitrogens with one attached hydrogen (secondary N) is 1. The zero-order valence-corrected chi connectivity index (χ0v) is 11.6. The molecule has 1 atom stereocenters. The highest BCUT2D eigenvalue weighted by Gasteiger charge is 2.19. The number of aliphatic hydroxyl groups is 1. The van der Waals surface area contributed by atoms with Gasteiger partial charge in [-0.25, -0.2) is 0 Å². The quantitative estimate of drug-likeness (QED) is 0.840. The number of carbonyl (C=O) groups excluding carboxylic acids is 2. The SMILES string of the molecule is CC(O)CNC(=O)c1ccc(CN2CCCC2=O)cc1. The second-order valence-electron chi connectivity index (χ2n) is 5.17. The minimum absolute atomic E-state index is 0.198. The van der Waals surface area contributed by atoms with E-state index in [1.54, 1.807) is 19.1 Å². The number of benzene rings is 1. The number of carbonyl (C=O) groups is 2. The van der Waals surface area contributed by atoms with E-state index in [0.29, 0.717) is 18.5 Å². The van der Waals surface area contributed by atoms with Gasteiger partial charge in [0.15, 0.2) is 0 Å². The molecule has 1 fully saturated rings. The molecule has 1 aromatic carbocycles. The maximum absolute atomic E-state index is 11.8. The average Bonchev–Trinajstić information content (AvgIpc) is 2.82. The number of hydrogen-bond donors (Lipinski definition) is 2. The normalized spacial score (nSPS) is 16.3. The van der Waals surface area contributed by atoms with Crippen molar-refractivity contribution >= 4 is 11.8 Å². The summed E-state index contributed by atoms with van der Waals surface area (Å²) in [4.78, 5) is 25.1. The third-order valence-corrected chi connectivity index (χ3v) is 3.32. The van der Waals surface area contributed by atoms with E-state index >= 15 is 0 Å². The lowest BCUT2D eigenvalue weighted by Gasteiger charge is -2.15. The summed E-state index contributed by atoms with van der Waals surface area (Å²) in [6.45, 7) is 3.28. The molecule has 0 aliphatic carbocycles. The molecule has 0 aromatic heterocycles. The fourth-order valence-electron chi connectivity index (χ4n) is 2.20. The van der Waals surface area contributed by atoms with Crippen LogP contribution in [0.2, 0.25) is 0 Å². The minimum atomic E-state index is -0.556. The van der Waals surface area contributed by atoms with Gasteiger partial charge in [-0.3, -0.25) is 9.59 Å². The Labute approximate surface area is 118 Å². The molecule has 108 valence electrons. The van der Waals surface area contributed by atoms with E-state index in [0.717, 1.165) is 18.5 Å². The number of nitrogens with zero attached hydrogens (tertiary/aromatic N) is 1. The van der Waals surface area contributed by atoms with Crippen molar-refractivity contribution in [2.24, 2.45) is 0 Å². The van der Waals surface area contributed by atoms with Gasteiger partial charge < -0.3 is 15.3 Å². The van der Waals surface area contributed by atoms with Gasteiger partial charge >= 0.3 is 0 Å². The van der Waals surface area contributed by atoms with Crippen molar-refractivity contribution in [3.05, 3.63) is 35.4 Å². The molecule has 2 amide bonds. The van der Waals surface area contributed by atoms with Crippen LogP contribution in [-0.2, 0) is 11.3 Å². The Morgan fingerprint density at radius 2 is 2.10 bits per heavy atom. The fourth-order valence-corrected chi connectivity index (χ4v) is 2.20. The number of likely N-dealkylation sites (tertiary alicyclic amines) is 1. The Bertz CT molecular complexity index is 482. The van der Waals surface area contributed by atoms with Gasteiger partial charge in [0.25, 0.3) is 5.91 Å². The molecule has 1 heterocycles. The van der Waals surface area contributed by atoms with Crippen molar-refractivity contribution in [2.45, 2.75) is 32.4 Å². The monoisotopic (exact) mass is 276 g/mol. The Morgan fingerprint density at radius 1 is 1.40 bits per heavy atom. The molecule has 1 saturated heterocycles. The van der Waals surface area contributed by atoms with Gasteiger partial charge in [-0.2, -0.15) is 0 Å². The second-order valence-corrected chi connectivity index (χ2v) is 5.17. The summed E-state index contributed by atoms with van der Waals surface area (Å²) in [6, 6.07) is 7.21. The van der Waals surface area contributed by atoms with Gasteiger partial charge in [-0.1, -0.05) is 12.1 Å². The largest absolute Gasteiger partial charge is 0.392 e. The van der Waals surface area contributed by atoms with Crippen LogP contribution < -0.4 is 5.32 Å². The summed E-state index contributed by atoms with van der Waals surface area (Å²) in [5.41, 5.74) is 1.58. The van der Waals surface area contributed by atoms with Crippen molar-refractivity contribution in [3.63, 3.8) is 0 Å². The first-order valence-electron chi connectivity index (χ1n) is 6.89. The highest BCUT2D eigenvalue weighted by Crippen LogP contribution is 2.14. The van der Waals surface area contributed by atoms with Crippen LogP contribution in [0.15, 0.2) is 24.3 Å². The molecule has 0 radical (unpaired) electrons. The summed E-state index contributed by atoms with van der Waals surface area (Å²) in [5.74, 6) is -0.00143. The van der Waals surface area contributed by atoms with Gasteiger partial charge in [0.1, 0.15) is 0 Å². The molecule has 2 rings (SSSR count). The Hall–Kier alpha value is -1.88. The lowest BCUT2D eigenvalue weighted by Crippen LogP contribution is -2.30. The number of aliphatic hydroxyl groups excluding tert-OH is 1. The van der Waals surface area contributed by atoms with E-state index in [1.165, 1.54) is 0 Å². The molecule has 1 aliphatic rings. The first-order valence-corrected chi connectivity index (χ1v) is 6.89. The van der Waals surface area contributed by atoms with Gasteiger partial charge in [0, 0.05) is 31.6 Å². The lowest BCUT2D eigenvalue weighted by molar-refractivity contribution is -0.128. The van der Waals surface area contributed by atoms with Crippen LogP contribution in [-0.4, -0.2) is 41.0 Å². The van der Waals surface area contributed by atoms with Crippen molar-refractivity contribution in [1.29, 1.82) is 0 Å². The van der Waals surface area contributed by atoms with Crippen LogP contribution in [0.1, 0.15) is 35.7 Å². The highest BCUT2D eigenvalue weighted by atomic mass is 16.3. The van der Waals surface area contributed by atoms with E-state index in [4.69, 9.17) is 5.11 Å². The van der Waals surface area contributed by atoms with E-state index in [2.05, 4.69) is 5.32 Å². The number of amides is 2. The molecule has 20 heavy (non-hydrogen) atoms. The van der Waals surface area contributed by atoms with Crippen molar-refractivity contribution in [2.75, 3.05) is 13.1 Å². The topological polar surface area (TPSA) is 69.6 Å². The molecule has 2 N–H and O–H groups in total. The summed E-state index contributed by atoms with van der Waals surface area (Å²) in [7, 11) is 0. The Kier molecular flexibility index (Phi) is 4.74. The summed E-state index contributed by atoms with van der Waals surface area (Å²) >= 11 is 0. The zero-order chi connectivity index (χ0) is 14.5. The van der Waals surface area contributed by atoms with Gasteiger partial charge in [-0.05, 0) is 31.0 Å². The van der Waals surface area contributed by atoms with Crippen LogP contribution in [0.25, 0.3) is 0 Å². The zero-order valence-electron chi connectivity index (χ0n) is 11.6. The van der Waals surface area contributed by atoms with Gasteiger partial charge in [0.2, 0.25) is 5.91 Å². The third kappa shape index (κ3) is 3.81. The summed E-state index contributed by atoms with van der Waals surface area (Å²) in [5, 5.41) is 11.8. The Balaban J connectivity index is 1.92. The number of rotatable bonds is 5. The first kappa shape index (κ1) is 14.5. The number of hydrogen-bond acceptors (Lipinski definition) is 3. The molecular weight excluding hydrogens is 256 g/mol. The molecule has 0 bridgehead atoms. The van der Waals surface area contributed by atoms with Crippen molar-refractivity contribution in [3.8, 4) is 0 Å². The molecule has 1 aromatic rings. The maximum atomic E-state index is 11.8. The van der Waals surface area contributed by atoms with Crippen LogP contribution in [0.4, 0.5) is 0 Å². The first-order chi connectivity index (χ1) is 9.56. The molecule has 1 unspecified atom stereocenters. The smallest absolute Gasteiger partial charge is 0.251 e. The second kappa shape index (κ2) is 6.52. The molecule has 0 spiro atoms. The standard InChI is InChI=1S/C15H20N2O3/c1-11(18)9-16-15(20)13-6-4-12(5-7-13)10-17-8-2-3-14(17)19/h4-7,11,18H,2-3,8-10H2,1H3,(H,16,20). The van der Waals surface area contributed by atoms with Crippen molar-refractivity contribution in [1.82, 2.24) is 10.2 Å². The predicted molar refractivity (Wildman–Crippen MR) is 75.1 cm³/mol. The van der Waals surface area contributed by atoms with Crippen LogP contribution in [0.5, 0.6) is 0 Å². The summed E-state index contributed by atoms with van der Waals surface area (Å²) < 4.78 is 0. The van der Waals surface area contributed by atoms with Gasteiger partial charge in [0.05, 0.1) is 6.10 Å². The van der Waals surface area contributed by atoms with E-state index in [1.807, 2.05) is 17.0 Å². The van der Waals surface area contributed by atoms with Gasteiger partial charge in [-0.15, -0.1) is 0 Å². The van der Waals surface area contributed by atoms with E-state index in [-0.39, 0.29) is 18.4 Å². The maximum Gasteiger partial charge on any atom is 0.251 e. The van der Waals surface area contributed by atoms with E-state index < -0.39 is 6.10 Å². The van der Waals surface area contributed by atoms with Crippen molar-refractivity contribution < 1.29 is 14.7 Å². The average molecular weight is 276 g/mol. The molecule has 5 heteroatoms. The fraction of sp³-hybridized carbons (Fsp3) is 0.467. The molecular formula is C15H20N2O3. The van der Waals surface area contributed by atoms with Crippen LogP contribution in [0.3, 0.4) is 0 Å².